The van der Waals surface area contributed by atoms with E-state index in [0.717, 1.165) is 0 Å². The first-order valence-electron chi connectivity index (χ1n) is 6.10. The Morgan fingerprint density at radius 3 is 2.83 bits per heavy atom. The zero-order valence-electron chi connectivity index (χ0n) is 9.83. The Hall–Kier alpha value is -1.49. The van der Waals surface area contributed by atoms with E-state index < -0.39 is 11.8 Å². The van der Waals surface area contributed by atoms with Gasteiger partial charge in [-0.3, -0.25) is 0 Å². The summed E-state index contributed by atoms with van der Waals surface area (Å²) in [5, 5.41) is 3.10. The molecule has 18 heavy (non-hydrogen) atoms. The van der Waals surface area contributed by atoms with Crippen molar-refractivity contribution < 1.29 is 13.2 Å². The van der Waals surface area contributed by atoms with Crippen molar-refractivity contribution in [3.05, 3.63) is 30.2 Å². The topological polar surface area (TPSA) is 38.1 Å². The molecule has 1 aromatic carbocycles. The molecule has 0 atom stereocenters. The number of benzene rings is 1. The first-order valence-corrected chi connectivity index (χ1v) is 6.10. The Labute approximate surface area is 103 Å². The normalized spacial score (nSPS) is 18.3. The first kappa shape index (κ1) is 11.6. The summed E-state index contributed by atoms with van der Waals surface area (Å²) in [7, 11) is 0. The number of halogens is 2. The summed E-state index contributed by atoms with van der Waals surface area (Å²) in [6.07, 6.45) is 2.28. The van der Waals surface area contributed by atoms with Crippen LogP contribution in [-0.4, -0.2) is 18.1 Å². The molecule has 0 saturated carbocycles. The van der Waals surface area contributed by atoms with Crippen LogP contribution in [0.4, 0.5) is 8.78 Å². The second kappa shape index (κ2) is 4.31. The Bertz CT molecular complexity index is 547. The van der Waals surface area contributed by atoms with Crippen molar-refractivity contribution in [1.29, 1.82) is 0 Å². The second-order valence-corrected chi connectivity index (χ2v) is 4.68. The largest absolute Gasteiger partial charge is 0.443 e. The van der Waals surface area contributed by atoms with Gasteiger partial charge in [0.25, 0.3) is 5.92 Å². The zero-order chi connectivity index (χ0) is 12.6. The molecule has 0 amide bonds. The maximum atomic E-state index is 14.4. The number of nitrogens with one attached hydrogen (secondary N) is 1. The smallest absolute Gasteiger partial charge is 0.276 e. The summed E-state index contributed by atoms with van der Waals surface area (Å²) in [6.45, 7) is 1.32. The molecule has 0 bridgehead atoms. The quantitative estimate of drug-likeness (QED) is 0.893. The Kier molecular flexibility index (Phi) is 2.78. The van der Waals surface area contributed by atoms with E-state index in [1.54, 1.807) is 6.07 Å². The highest BCUT2D eigenvalue weighted by atomic mass is 19.3. The van der Waals surface area contributed by atoms with Crippen LogP contribution in [-0.2, 0) is 5.92 Å². The predicted octanol–water partition coefficient (Wildman–Crippen LogP) is 2.92. The van der Waals surface area contributed by atoms with Crippen LogP contribution in [0.2, 0.25) is 0 Å². The van der Waals surface area contributed by atoms with Gasteiger partial charge in [0.1, 0.15) is 5.52 Å². The fourth-order valence-electron chi connectivity index (χ4n) is 2.48. The highest BCUT2D eigenvalue weighted by Crippen LogP contribution is 2.41. The van der Waals surface area contributed by atoms with Crippen LogP contribution in [0.25, 0.3) is 11.1 Å². The van der Waals surface area contributed by atoms with Crippen molar-refractivity contribution in [2.45, 2.75) is 18.8 Å². The summed E-state index contributed by atoms with van der Waals surface area (Å²) in [5.74, 6) is -3.40. The van der Waals surface area contributed by atoms with Gasteiger partial charge >= 0.3 is 0 Å². The zero-order valence-corrected chi connectivity index (χ0v) is 9.83. The SMILES string of the molecule is FC(F)(c1ccc2ncoc2c1)C1CCNCC1. The lowest BCUT2D eigenvalue weighted by atomic mass is 9.87. The Balaban J connectivity index is 1.95. The molecule has 0 aliphatic carbocycles. The third kappa shape index (κ3) is 1.88. The molecule has 2 heterocycles. The second-order valence-electron chi connectivity index (χ2n) is 4.68. The van der Waals surface area contributed by atoms with Gasteiger partial charge in [0, 0.05) is 11.5 Å². The molecule has 1 aliphatic heterocycles. The van der Waals surface area contributed by atoms with Crippen LogP contribution in [0.1, 0.15) is 18.4 Å². The van der Waals surface area contributed by atoms with Crippen LogP contribution in [0, 0.1) is 5.92 Å². The van der Waals surface area contributed by atoms with Gasteiger partial charge in [-0.15, -0.1) is 0 Å². The standard InChI is InChI=1S/C13H14F2N2O/c14-13(15,9-3-5-16-6-4-9)10-1-2-11-12(7-10)18-8-17-11/h1-2,7-9,16H,3-6H2. The Morgan fingerprint density at radius 1 is 1.28 bits per heavy atom. The summed E-state index contributed by atoms with van der Waals surface area (Å²) in [5.41, 5.74) is 1.06. The number of hydrogen-bond donors (Lipinski definition) is 1. The van der Waals surface area contributed by atoms with E-state index in [2.05, 4.69) is 10.3 Å². The van der Waals surface area contributed by atoms with Crippen molar-refractivity contribution in [3.63, 3.8) is 0 Å². The van der Waals surface area contributed by atoms with Crippen molar-refractivity contribution in [3.8, 4) is 0 Å². The molecular formula is C13H14F2N2O. The van der Waals surface area contributed by atoms with Crippen molar-refractivity contribution in [2.24, 2.45) is 5.92 Å². The van der Waals surface area contributed by atoms with E-state index in [4.69, 9.17) is 4.42 Å². The van der Waals surface area contributed by atoms with Crippen LogP contribution in [0.3, 0.4) is 0 Å². The fourth-order valence-corrected chi connectivity index (χ4v) is 2.48. The van der Waals surface area contributed by atoms with E-state index in [1.807, 2.05) is 0 Å². The third-order valence-corrected chi connectivity index (χ3v) is 3.57. The molecule has 96 valence electrons. The van der Waals surface area contributed by atoms with Gasteiger partial charge in [-0.25, -0.2) is 13.8 Å². The average molecular weight is 252 g/mol. The number of fused-ring (bicyclic) bond motifs is 1. The maximum absolute atomic E-state index is 14.4. The van der Waals surface area contributed by atoms with Gasteiger partial charge in [0.2, 0.25) is 0 Å². The van der Waals surface area contributed by atoms with Crippen LogP contribution in [0.5, 0.6) is 0 Å². The number of rotatable bonds is 2. The van der Waals surface area contributed by atoms with Gasteiger partial charge in [-0.05, 0) is 38.1 Å². The molecule has 1 aliphatic rings. The fraction of sp³-hybridized carbons (Fsp3) is 0.462. The van der Waals surface area contributed by atoms with Gasteiger partial charge in [-0.2, -0.15) is 0 Å². The molecule has 3 rings (SSSR count). The van der Waals surface area contributed by atoms with Gasteiger partial charge in [-0.1, -0.05) is 6.07 Å². The number of nitrogens with zero attached hydrogens (tertiary/aromatic N) is 1. The van der Waals surface area contributed by atoms with Gasteiger partial charge in [0.15, 0.2) is 12.0 Å². The molecule has 2 aromatic rings. The minimum atomic E-state index is -2.80. The van der Waals surface area contributed by atoms with E-state index in [0.29, 0.717) is 37.0 Å². The molecule has 0 unspecified atom stereocenters. The lowest BCUT2D eigenvalue weighted by molar-refractivity contribution is -0.0752. The summed E-state index contributed by atoms with van der Waals surface area (Å²) < 4.78 is 33.9. The van der Waals surface area contributed by atoms with Gasteiger partial charge in [0.05, 0.1) is 0 Å². The molecule has 1 N–H and O–H groups in total. The molecule has 0 radical (unpaired) electrons. The van der Waals surface area contributed by atoms with E-state index in [-0.39, 0.29) is 5.56 Å². The average Bonchev–Trinajstić information content (AvgIpc) is 2.87. The molecular weight excluding hydrogens is 238 g/mol. The minimum Gasteiger partial charge on any atom is -0.443 e. The van der Waals surface area contributed by atoms with E-state index in [1.165, 1.54) is 18.5 Å². The minimum absolute atomic E-state index is 0.0265. The lowest BCUT2D eigenvalue weighted by Gasteiger charge is -2.30. The Morgan fingerprint density at radius 2 is 2.06 bits per heavy atom. The van der Waals surface area contributed by atoms with Crippen molar-refractivity contribution >= 4 is 11.1 Å². The van der Waals surface area contributed by atoms with Crippen molar-refractivity contribution in [2.75, 3.05) is 13.1 Å². The van der Waals surface area contributed by atoms with Crippen LogP contribution in [0.15, 0.2) is 29.0 Å². The molecule has 0 spiro atoms. The lowest BCUT2D eigenvalue weighted by Crippen LogP contribution is -2.36. The molecule has 5 heteroatoms. The maximum Gasteiger partial charge on any atom is 0.276 e. The van der Waals surface area contributed by atoms with Crippen LogP contribution < -0.4 is 5.32 Å². The molecule has 1 aromatic heterocycles. The summed E-state index contributed by atoms with van der Waals surface area (Å²) in [6, 6.07) is 4.44. The number of hydrogen-bond acceptors (Lipinski definition) is 3. The monoisotopic (exact) mass is 252 g/mol. The summed E-state index contributed by atoms with van der Waals surface area (Å²) in [4.78, 5) is 3.93. The number of oxazole rings is 1. The van der Waals surface area contributed by atoms with E-state index in [9.17, 15) is 8.78 Å². The first-order chi connectivity index (χ1) is 8.68. The number of alkyl halides is 2. The van der Waals surface area contributed by atoms with Crippen molar-refractivity contribution in [1.82, 2.24) is 10.3 Å². The number of piperidine rings is 1. The molecule has 1 saturated heterocycles. The molecule has 3 nitrogen and oxygen atoms in total. The molecule has 1 fully saturated rings. The van der Waals surface area contributed by atoms with Gasteiger partial charge < -0.3 is 9.73 Å². The predicted molar refractivity (Wildman–Crippen MR) is 63.5 cm³/mol. The highest BCUT2D eigenvalue weighted by Gasteiger charge is 2.41. The third-order valence-electron chi connectivity index (χ3n) is 3.57. The van der Waals surface area contributed by atoms with E-state index >= 15 is 0 Å². The van der Waals surface area contributed by atoms with Crippen LogP contribution >= 0.6 is 0 Å². The number of aromatic nitrogens is 1. The summed E-state index contributed by atoms with van der Waals surface area (Å²) >= 11 is 0. The highest BCUT2D eigenvalue weighted by molar-refractivity contribution is 5.73.